The molecule has 0 atom stereocenters. The Kier molecular flexibility index (Phi) is 6.99. The van der Waals surface area contributed by atoms with Gasteiger partial charge in [-0.2, -0.15) is 26.3 Å². The topological polar surface area (TPSA) is 89.6 Å². The molecule has 0 bridgehead atoms. The number of benzene rings is 3. The summed E-state index contributed by atoms with van der Waals surface area (Å²) in [5, 5.41) is 2.92. The number of pyridine rings is 1. The van der Waals surface area contributed by atoms with Crippen molar-refractivity contribution >= 4 is 34.0 Å². The van der Waals surface area contributed by atoms with Crippen LogP contribution in [0.15, 0.2) is 77.9 Å². The predicted octanol–water partition coefficient (Wildman–Crippen LogP) is 7.33. The Labute approximate surface area is 211 Å². The quantitative estimate of drug-likeness (QED) is 0.160. The van der Waals surface area contributed by atoms with Crippen LogP contribution < -0.4 is 15.8 Å². The lowest BCUT2D eigenvalue weighted by Crippen LogP contribution is -2.17. The van der Waals surface area contributed by atoms with Gasteiger partial charge >= 0.3 is 12.4 Å². The molecule has 0 aliphatic heterocycles. The molecule has 38 heavy (non-hydrogen) atoms. The third-order valence-corrected chi connectivity index (χ3v) is 5.18. The van der Waals surface area contributed by atoms with Crippen LogP contribution in [0.25, 0.3) is 10.9 Å². The maximum absolute atomic E-state index is 13.2. The molecule has 1 aromatic heterocycles. The first-order valence-corrected chi connectivity index (χ1v) is 10.9. The van der Waals surface area contributed by atoms with E-state index in [9.17, 15) is 31.1 Å². The van der Waals surface area contributed by atoms with E-state index in [0.29, 0.717) is 40.3 Å². The molecule has 0 saturated carbocycles. The second-order valence-corrected chi connectivity index (χ2v) is 8.11. The average molecular weight is 532 g/mol. The number of hydrogen-bond donors (Lipinski definition) is 2. The van der Waals surface area contributed by atoms with E-state index in [1.807, 2.05) is 0 Å². The first-order chi connectivity index (χ1) is 17.8. The van der Waals surface area contributed by atoms with E-state index in [4.69, 9.17) is 10.5 Å². The maximum Gasteiger partial charge on any atom is 0.416 e. The number of carbonyl (C=O) groups is 1. The summed E-state index contributed by atoms with van der Waals surface area (Å²) in [7, 11) is 0. The van der Waals surface area contributed by atoms with Crippen molar-refractivity contribution in [2.75, 3.05) is 5.32 Å². The molecule has 0 radical (unpaired) electrons. The van der Waals surface area contributed by atoms with Crippen LogP contribution in [0.4, 0.5) is 37.7 Å². The normalized spacial score (nSPS) is 12.4. The third-order valence-electron chi connectivity index (χ3n) is 5.18. The molecule has 4 rings (SSSR count). The van der Waals surface area contributed by atoms with E-state index in [2.05, 4.69) is 15.3 Å². The number of carbonyl (C=O) groups excluding carboxylic acids is 1. The second kappa shape index (κ2) is 10.0. The molecular weight excluding hydrogens is 514 g/mol. The second-order valence-electron chi connectivity index (χ2n) is 8.11. The highest BCUT2D eigenvalue weighted by molar-refractivity contribution is 6.04. The molecule has 0 aliphatic carbocycles. The summed E-state index contributed by atoms with van der Waals surface area (Å²) >= 11 is 0. The molecule has 196 valence electrons. The minimum Gasteiger partial charge on any atom is -0.457 e. The molecule has 0 saturated heterocycles. The van der Waals surface area contributed by atoms with Crippen LogP contribution in [-0.2, 0) is 12.4 Å². The van der Waals surface area contributed by atoms with Crippen LogP contribution >= 0.6 is 0 Å². The number of amides is 1. The van der Waals surface area contributed by atoms with Gasteiger partial charge in [-0.3, -0.25) is 9.78 Å². The standard InChI is InChI=1S/C26H18F6N4O2/c1-14(33)35-21-7-3-6-20-22(8-9-34-23(20)21)38-19-5-2-4-18(13-19)36-24(37)15-10-16(25(27,28)29)12-17(11-15)26(30,31)32/h2-13H,1H3,(H2,33,35)(H,36,37). The van der Waals surface area contributed by atoms with Gasteiger partial charge in [-0.25, -0.2) is 4.99 Å². The lowest BCUT2D eigenvalue weighted by molar-refractivity contribution is -0.143. The number of anilines is 1. The molecule has 12 heteroatoms. The first-order valence-electron chi connectivity index (χ1n) is 10.9. The van der Waals surface area contributed by atoms with Gasteiger partial charge in [0, 0.05) is 28.9 Å². The van der Waals surface area contributed by atoms with E-state index >= 15 is 0 Å². The zero-order chi connectivity index (χ0) is 27.7. The third kappa shape index (κ3) is 6.02. The van der Waals surface area contributed by atoms with Crippen molar-refractivity contribution in [1.29, 1.82) is 0 Å². The van der Waals surface area contributed by atoms with E-state index in [0.717, 1.165) is 0 Å². The molecular formula is C26H18F6N4O2. The number of fused-ring (bicyclic) bond motifs is 1. The number of alkyl halides is 6. The monoisotopic (exact) mass is 532 g/mol. The van der Waals surface area contributed by atoms with Crippen molar-refractivity contribution in [2.45, 2.75) is 19.3 Å². The van der Waals surface area contributed by atoms with E-state index in [-0.39, 0.29) is 17.5 Å². The molecule has 0 spiro atoms. The van der Waals surface area contributed by atoms with Gasteiger partial charge in [0.1, 0.15) is 11.5 Å². The Hall–Kier alpha value is -4.61. The molecule has 0 aliphatic rings. The lowest BCUT2D eigenvalue weighted by Gasteiger charge is -2.14. The van der Waals surface area contributed by atoms with Crippen molar-refractivity contribution in [3.05, 3.63) is 89.6 Å². The molecule has 3 N–H and O–H groups in total. The molecule has 1 heterocycles. The molecule has 1 amide bonds. The summed E-state index contributed by atoms with van der Waals surface area (Å²) in [5.41, 5.74) is 2.82. The van der Waals surface area contributed by atoms with Crippen LogP contribution in [0.2, 0.25) is 0 Å². The Morgan fingerprint density at radius 3 is 2.21 bits per heavy atom. The van der Waals surface area contributed by atoms with Gasteiger partial charge in [0.2, 0.25) is 0 Å². The number of halogens is 6. The fourth-order valence-corrected chi connectivity index (χ4v) is 3.56. The van der Waals surface area contributed by atoms with Gasteiger partial charge in [0.05, 0.1) is 28.2 Å². The minimum atomic E-state index is -5.08. The summed E-state index contributed by atoms with van der Waals surface area (Å²) < 4.78 is 84.8. The summed E-state index contributed by atoms with van der Waals surface area (Å²) in [6, 6.07) is 13.3. The van der Waals surface area contributed by atoms with E-state index in [1.54, 1.807) is 37.3 Å². The van der Waals surface area contributed by atoms with Crippen LogP contribution in [0.5, 0.6) is 11.5 Å². The SMILES string of the molecule is CC(N)=Nc1cccc2c(Oc3cccc(NC(=O)c4cc(C(F)(F)F)cc(C(F)(F)F)c4)c3)ccnc12. The Bertz CT molecular complexity index is 1510. The highest BCUT2D eigenvalue weighted by Gasteiger charge is 2.37. The Morgan fingerprint density at radius 2 is 1.58 bits per heavy atom. The number of rotatable bonds is 5. The number of hydrogen-bond acceptors (Lipinski definition) is 4. The smallest absolute Gasteiger partial charge is 0.416 e. The van der Waals surface area contributed by atoms with Gasteiger partial charge in [0.25, 0.3) is 5.91 Å². The van der Waals surface area contributed by atoms with Gasteiger partial charge in [-0.15, -0.1) is 0 Å². The van der Waals surface area contributed by atoms with Gasteiger partial charge < -0.3 is 15.8 Å². The average Bonchev–Trinajstić information content (AvgIpc) is 2.83. The number of para-hydroxylation sites is 1. The van der Waals surface area contributed by atoms with Crippen molar-refractivity contribution in [3.63, 3.8) is 0 Å². The van der Waals surface area contributed by atoms with Gasteiger partial charge in [0.15, 0.2) is 0 Å². The van der Waals surface area contributed by atoms with Crippen molar-refractivity contribution in [1.82, 2.24) is 4.98 Å². The minimum absolute atomic E-state index is 0.0458. The highest BCUT2D eigenvalue weighted by atomic mass is 19.4. The first kappa shape index (κ1) is 26.5. The van der Waals surface area contributed by atoms with Gasteiger partial charge in [-0.05, 0) is 55.5 Å². The van der Waals surface area contributed by atoms with Crippen LogP contribution in [0.3, 0.4) is 0 Å². The van der Waals surface area contributed by atoms with Crippen molar-refractivity contribution in [2.24, 2.45) is 10.7 Å². The van der Waals surface area contributed by atoms with Crippen molar-refractivity contribution < 1.29 is 35.9 Å². The predicted molar refractivity (Wildman–Crippen MR) is 130 cm³/mol. The van der Waals surface area contributed by atoms with E-state index in [1.165, 1.54) is 24.4 Å². The number of aromatic nitrogens is 1. The van der Waals surface area contributed by atoms with Crippen molar-refractivity contribution in [3.8, 4) is 11.5 Å². The highest BCUT2D eigenvalue weighted by Crippen LogP contribution is 2.37. The van der Waals surface area contributed by atoms with Crippen LogP contribution in [0, 0.1) is 0 Å². The zero-order valence-electron chi connectivity index (χ0n) is 19.5. The fourth-order valence-electron chi connectivity index (χ4n) is 3.56. The Morgan fingerprint density at radius 1 is 0.921 bits per heavy atom. The number of nitrogens with zero attached hydrogens (tertiary/aromatic N) is 2. The molecule has 0 unspecified atom stereocenters. The number of ether oxygens (including phenoxy) is 1. The number of aliphatic imine (C=N–C) groups is 1. The summed E-state index contributed by atoms with van der Waals surface area (Å²) in [5.74, 6) is -0.206. The van der Waals surface area contributed by atoms with Crippen LogP contribution in [0.1, 0.15) is 28.4 Å². The Balaban J connectivity index is 1.62. The largest absolute Gasteiger partial charge is 0.457 e. The molecule has 4 aromatic rings. The summed E-state index contributed by atoms with van der Waals surface area (Å²) in [6.07, 6.45) is -8.66. The maximum atomic E-state index is 13.2. The molecule has 3 aromatic carbocycles. The number of nitrogens with two attached hydrogens (primary N) is 1. The summed E-state index contributed by atoms with van der Waals surface area (Å²) in [4.78, 5) is 21.2. The molecule has 0 fully saturated rings. The fraction of sp³-hybridized carbons (Fsp3) is 0.115. The van der Waals surface area contributed by atoms with Crippen LogP contribution in [-0.4, -0.2) is 16.7 Å². The lowest BCUT2D eigenvalue weighted by atomic mass is 10.0. The number of amidine groups is 1. The zero-order valence-corrected chi connectivity index (χ0v) is 19.5. The molecule has 6 nitrogen and oxygen atoms in total. The van der Waals surface area contributed by atoms with E-state index < -0.39 is 35.0 Å². The van der Waals surface area contributed by atoms with Gasteiger partial charge in [-0.1, -0.05) is 12.1 Å². The summed E-state index contributed by atoms with van der Waals surface area (Å²) in [6.45, 7) is 1.63. The number of nitrogens with one attached hydrogen (secondary N) is 1.